The van der Waals surface area contributed by atoms with Crippen molar-refractivity contribution < 1.29 is 14.7 Å². The first kappa shape index (κ1) is 16.2. The molecule has 0 aliphatic rings. The molecule has 0 spiro atoms. The SMILES string of the molecule is CCCN(CC(=O)N(C)C)c1nc(Cl)ccc1C(=O)O. The molecule has 0 saturated carbocycles. The Morgan fingerprint density at radius 3 is 2.50 bits per heavy atom. The zero-order valence-electron chi connectivity index (χ0n) is 11.8. The lowest BCUT2D eigenvalue weighted by molar-refractivity contribution is -0.127. The summed E-state index contributed by atoms with van der Waals surface area (Å²) in [5.74, 6) is -0.999. The van der Waals surface area contributed by atoms with Gasteiger partial charge in [0.05, 0.1) is 6.54 Å². The molecule has 0 radical (unpaired) electrons. The topological polar surface area (TPSA) is 73.7 Å². The van der Waals surface area contributed by atoms with Crippen LogP contribution in [0.4, 0.5) is 5.82 Å². The molecule has 0 unspecified atom stereocenters. The number of halogens is 1. The second-order valence-electron chi connectivity index (χ2n) is 4.52. The number of carboxylic acid groups (broad SMARTS) is 1. The first-order chi connectivity index (χ1) is 9.36. The van der Waals surface area contributed by atoms with Gasteiger partial charge in [-0.2, -0.15) is 0 Å². The first-order valence-electron chi connectivity index (χ1n) is 6.21. The number of rotatable bonds is 6. The number of likely N-dealkylation sites (N-methyl/N-ethyl adjacent to an activating group) is 1. The summed E-state index contributed by atoms with van der Waals surface area (Å²) in [4.78, 5) is 30.3. The number of aromatic nitrogens is 1. The standard InChI is InChI=1S/C13H18ClN3O3/c1-4-7-17(8-11(18)16(2)3)12-9(13(19)20)5-6-10(14)15-12/h5-6H,4,7-8H2,1-3H3,(H,19,20). The molecule has 0 aliphatic heterocycles. The van der Waals surface area contributed by atoms with Gasteiger partial charge in [-0.05, 0) is 18.6 Å². The Morgan fingerprint density at radius 1 is 1.35 bits per heavy atom. The molecule has 20 heavy (non-hydrogen) atoms. The van der Waals surface area contributed by atoms with Gasteiger partial charge >= 0.3 is 5.97 Å². The Bertz CT molecular complexity index is 506. The number of pyridine rings is 1. The van der Waals surface area contributed by atoms with Gasteiger partial charge in [0, 0.05) is 20.6 Å². The Hall–Kier alpha value is -1.82. The van der Waals surface area contributed by atoms with Crippen LogP contribution < -0.4 is 4.90 Å². The summed E-state index contributed by atoms with van der Waals surface area (Å²) in [7, 11) is 3.30. The van der Waals surface area contributed by atoms with Crippen LogP contribution in [0.5, 0.6) is 0 Å². The zero-order chi connectivity index (χ0) is 15.3. The number of carboxylic acids is 1. The van der Waals surface area contributed by atoms with Gasteiger partial charge in [-0.25, -0.2) is 9.78 Å². The van der Waals surface area contributed by atoms with Crippen molar-refractivity contribution in [3.63, 3.8) is 0 Å². The monoisotopic (exact) mass is 299 g/mol. The third kappa shape index (κ3) is 4.09. The molecular weight excluding hydrogens is 282 g/mol. The molecule has 1 heterocycles. The molecule has 0 atom stereocenters. The second-order valence-corrected chi connectivity index (χ2v) is 4.91. The molecule has 7 heteroatoms. The predicted molar refractivity (Wildman–Crippen MR) is 77.4 cm³/mol. The lowest BCUT2D eigenvalue weighted by Crippen LogP contribution is -2.38. The molecule has 1 N–H and O–H groups in total. The Kier molecular flexibility index (Phi) is 5.76. The van der Waals surface area contributed by atoms with Crippen molar-refractivity contribution in [2.45, 2.75) is 13.3 Å². The number of carbonyl (C=O) groups is 2. The van der Waals surface area contributed by atoms with Gasteiger partial charge in [0.2, 0.25) is 5.91 Å². The molecule has 0 bridgehead atoms. The highest BCUT2D eigenvalue weighted by atomic mass is 35.5. The van der Waals surface area contributed by atoms with Crippen molar-refractivity contribution >= 4 is 29.3 Å². The smallest absolute Gasteiger partial charge is 0.339 e. The number of anilines is 1. The third-order valence-electron chi connectivity index (χ3n) is 2.69. The minimum atomic E-state index is -1.09. The molecule has 1 aromatic rings. The summed E-state index contributed by atoms with van der Waals surface area (Å²) in [6, 6.07) is 2.82. The van der Waals surface area contributed by atoms with E-state index in [4.69, 9.17) is 11.6 Å². The van der Waals surface area contributed by atoms with E-state index in [1.807, 2.05) is 6.92 Å². The summed E-state index contributed by atoms with van der Waals surface area (Å²) in [6.07, 6.45) is 0.758. The van der Waals surface area contributed by atoms with Gasteiger partial charge in [-0.15, -0.1) is 0 Å². The number of nitrogens with zero attached hydrogens (tertiary/aromatic N) is 3. The van der Waals surface area contributed by atoms with E-state index < -0.39 is 5.97 Å². The van der Waals surface area contributed by atoms with Crippen LogP contribution in [-0.4, -0.2) is 54.1 Å². The van der Waals surface area contributed by atoms with Crippen LogP contribution >= 0.6 is 11.6 Å². The minimum absolute atomic E-state index is 0.0365. The average molecular weight is 300 g/mol. The van der Waals surface area contributed by atoms with Crippen molar-refractivity contribution in [3.8, 4) is 0 Å². The lowest BCUT2D eigenvalue weighted by atomic mass is 10.2. The highest BCUT2D eigenvalue weighted by Gasteiger charge is 2.20. The van der Waals surface area contributed by atoms with Gasteiger partial charge in [0.25, 0.3) is 0 Å². The molecule has 110 valence electrons. The van der Waals surface area contributed by atoms with Crippen LogP contribution in [0.2, 0.25) is 5.15 Å². The second kappa shape index (κ2) is 7.09. The van der Waals surface area contributed by atoms with E-state index in [1.165, 1.54) is 17.0 Å². The highest BCUT2D eigenvalue weighted by Crippen LogP contribution is 2.21. The van der Waals surface area contributed by atoms with Gasteiger partial charge in [-0.1, -0.05) is 18.5 Å². The van der Waals surface area contributed by atoms with E-state index in [-0.39, 0.29) is 29.0 Å². The van der Waals surface area contributed by atoms with Gasteiger partial charge < -0.3 is 14.9 Å². The molecule has 1 amide bonds. The zero-order valence-corrected chi connectivity index (χ0v) is 12.5. The van der Waals surface area contributed by atoms with Crippen LogP contribution in [0, 0.1) is 0 Å². The van der Waals surface area contributed by atoms with E-state index in [9.17, 15) is 14.7 Å². The van der Waals surface area contributed by atoms with E-state index >= 15 is 0 Å². The molecule has 1 aromatic heterocycles. The quantitative estimate of drug-likeness (QED) is 0.810. The third-order valence-corrected chi connectivity index (χ3v) is 2.90. The summed E-state index contributed by atoms with van der Waals surface area (Å²) in [5, 5.41) is 9.41. The normalized spacial score (nSPS) is 10.2. The highest BCUT2D eigenvalue weighted by molar-refractivity contribution is 6.29. The van der Waals surface area contributed by atoms with E-state index in [0.717, 1.165) is 6.42 Å². The van der Waals surface area contributed by atoms with Crippen LogP contribution in [0.15, 0.2) is 12.1 Å². The van der Waals surface area contributed by atoms with Gasteiger partial charge in [0.1, 0.15) is 16.5 Å². The summed E-state index contributed by atoms with van der Waals surface area (Å²) >= 11 is 5.84. The maximum absolute atomic E-state index is 11.8. The lowest BCUT2D eigenvalue weighted by Gasteiger charge is -2.25. The fourth-order valence-electron chi connectivity index (χ4n) is 1.67. The van der Waals surface area contributed by atoms with E-state index in [1.54, 1.807) is 19.0 Å². The number of amides is 1. The molecule has 1 rings (SSSR count). The Balaban J connectivity index is 3.16. The molecule has 6 nitrogen and oxygen atoms in total. The van der Waals surface area contributed by atoms with Crippen molar-refractivity contribution in [2.75, 3.05) is 32.1 Å². The molecular formula is C13H18ClN3O3. The predicted octanol–water partition coefficient (Wildman–Crippen LogP) is 1.74. The van der Waals surface area contributed by atoms with Gasteiger partial charge in [-0.3, -0.25) is 4.79 Å². The minimum Gasteiger partial charge on any atom is -0.478 e. The molecule has 0 fully saturated rings. The van der Waals surface area contributed by atoms with Gasteiger partial charge in [0.15, 0.2) is 0 Å². The Morgan fingerprint density at radius 2 is 2.00 bits per heavy atom. The molecule has 0 aliphatic carbocycles. The Labute approximate surface area is 123 Å². The van der Waals surface area contributed by atoms with Crippen LogP contribution in [0.1, 0.15) is 23.7 Å². The summed E-state index contributed by atoms with van der Waals surface area (Å²) in [6.45, 7) is 2.53. The number of carbonyl (C=O) groups excluding carboxylic acids is 1. The van der Waals surface area contributed by atoms with Crippen LogP contribution in [0.3, 0.4) is 0 Å². The summed E-state index contributed by atoms with van der Waals surface area (Å²) < 4.78 is 0. The van der Waals surface area contributed by atoms with Crippen LogP contribution in [0.25, 0.3) is 0 Å². The molecule has 0 saturated heterocycles. The van der Waals surface area contributed by atoms with Crippen molar-refractivity contribution in [1.82, 2.24) is 9.88 Å². The van der Waals surface area contributed by atoms with Crippen molar-refractivity contribution in [2.24, 2.45) is 0 Å². The number of aromatic carboxylic acids is 1. The fraction of sp³-hybridized carbons (Fsp3) is 0.462. The fourth-order valence-corrected chi connectivity index (χ4v) is 1.81. The number of hydrogen-bond acceptors (Lipinski definition) is 4. The average Bonchev–Trinajstić information content (AvgIpc) is 2.37. The van der Waals surface area contributed by atoms with E-state index in [0.29, 0.717) is 6.54 Å². The van der Waals surface area contributed by atoms with E-state index in [2.05, 4.69) is 4.98 Å². The van der Waals surface area contributed by atoms with Crippen LogP contribution in [-0.2, 0) is 4.79 Å². The summed E-state index contributed by atoms with van der Waals surface area (Å²) in [5.41, 5.74) is 0.0365. The molecule has 0 aromatic carbocycles. The maximum atomic E-state index is 11.8. The largest absolute Gasteiger partial charge is 0.478 e. The van der Waals surface area contributed by atoms with Crippen molar-refractivity contribution in [1.29, 1.82) is 0 Å². The number of hydrogen-bond donors (Lipinski definition) is 1. The maximum Gasteiger partial charge on any atom is 0.339 e. The van der Waals surface area contributed by atoms with Crippen molar-refractivity contribution in [3.05, 3.63) is 22.8 Å². The first-order valence-corrected chi connectivity index (χ1v) is 6.59.